The van der Waals surface area contributed by atoms with E-state index in [1.165, 1.54) is 8.20 Å². The van der Waals surface area contributed by atoms with Crippen molar-refractivity contribution in [2.24, 2.45) is 4.99 Å². The van der Waals surface area contributed by atoms with E-state index in [1.807, 2.05) is 27.9 Å². The standard InChI is InChI=1S/C3H7N.C3H7P.C2H7N.C2H7P/c2*1-3-4-2;2*1-3-2/h2*3H,1-2H3;2*3H,1-2H3. The van der Waals surface area contributed by atoms with Gasteiger partial charge in [-0.05, 0) is 54.2 Å². The molecule has 0 saturated heterocycles. The minimum atomic E-state index is 1.08. The maximum Gasteiger partial charge on any atom is 0.0273 e. The van der Waals surface area contributed by atoms with Gasteiger partial charge in [-0.25, -0.2) is 0 Å². The molecule has 0 aliphatic heterocycles. The van der Waals surface area contributed by atoms with Crippen LogP contribution < -0.4 is 5.32 Å². The number of nitrogens with zero attached hydrogens (tertiary/aromatic N) is 1. The van der Waals surface area contributed by atoms with Crippen molar-refractivity contribution < 1.29 is 0 Å². The summed E-state index contributed by atoms with van der Waals surface area (Å²) in [5.41, 5.74) is 0. The molecule has 88 valence electrons. The average Bonchev–Trinajstić information content (AvgIpc) is 2.20. The normalized spacial score (nSPS) is 8.00. The summed E-state index contributed by atoms with van der Waals surface area (Å²) in [5, 5.41) is 2.75. The van der Waals surface area contributed by atoms with Crippen LogP contribution in [0.5, 0.6) is 0 Å². The zero-order valence-electron chi connectivity index (χ0n) is 11.0. The fourth-order valence-electron chi connectivity index (χ4n) is 0. The van der Waals surface area contributed by atoms with Crippen LogP contribution >= 0.6 is 16.8 Å². The Morgan fingerprint density at radius 2 is 1.36 bits per heavy atom. The van der Waals surface area contributed by atoms with Gasteiger partial charge in [-0.3, -0.25) is 0 Å². The van der Waals surface area contributed by atoms with Crippen LogP contribution in [0.3, 0.4) is 0 Å². The minimum Gasteiger partial charge on any atom is -0.323 e. The molecule has 0 aromatic carbocycles. The first kappa shape index (κ1) is 23.8. The number of aliphatic imine (C=N–C) groups is 1. The smallest absolute Gasteiger partial charge is 0.0273 e. The first-order valence-corrected chi connectivity index (χ1v) is 7.98. The summed E-state index contributed by atoms with van der Waals surface area (Å²) in [6.45, 7) is 10.3. The zero-order chi connectivity index (χ0) is 12.2. The van der Waals surface area contributed by atoms with E-state index in [1.54, 1.807) is 13.3 Å². The highest BCUT2D eigenvalue weighted by molar-refractivity contribution is 7.37. The predicted octanol–water partition coefficient (Wildman–Crippen LogP) is 2.85. The molecule has 2 nitrogen and oxygen atoms in total. The third-order valence-electron chi connectivity index (χ3n) is 0.516. The van der Waals surface area contributed by atoms with E-state index in [0.717, 1.165) is 8.58 Å². The molecule has 4 heteroatoms. The topological polar surface area (TPSA) is 24.4 Å². The lowest BCUT2D eigenvalue weighted by molar-refractivity contribution is 1.02. The summed E-state index contributed by atoms with van der Waals surface area (Å²) >= 11 is 0. The van der Waals surface area contributed by atoms with Crippen molar-refractivity contribution in [1.29, 1.82) is 0 Å². The van der Waals surface area contributed by atoms with Gasteiger partial charge in [0.1, 0.15) is 0 Å². The largest absolute Gasteiger partial charge is 0.323 e. The summed E-state index contributed by atoms with van der Waals surface area (Å²) in [4.78, 5) is 3.61. The molecule has 0 aliphatic carbocycles. The molecule has 0 aromatic rings. The summed E-state index contributed by atoms with van der Waals surface area (Å²) < 4.78 is 0. The molecular formula is C10H28N2P2. The average molecular weight is 238 g/mol. The second-order valence-corrected chi connectivity index (χ2v) is 4.07. The lowest BCUT2D eigenvalue weighted by Crippen LogP contribution is -1.89. The number of hydrogen-bond donors (Lipinski definition) is 1. The van der Waals surface area contributed by atoms with Gasteiger partial charge >= 0.3 is 0 Å². The van der Waals surface area contributed by atoms with Crippen LogP contribution in [0.2, 0.25) is 0 Å². The molecule has 0 fully saturated rings. The molecular weight excluding hydrogens is 210 g/mol. The van der Waals surface area contributed by atoms with E-state index in [2.05, 4.69) is 36.1 Å². The van der Waals surface area contributed by atoms with Crippen molar-refractivity contribution in [1.82, 2.24) is 5.32 Å². The maximum absolute atomic E-state index is 3.61. The van der Waals surface area contributed by atoms with Crippen molar-refractivity contribution in [3.63, 3.8) is 0 Å². The van der Waals surface area contributed by atoms with Crippen molar-refractivity contribution >= 4 is 28.8 Å². The molecule has 0 amide bonds. The Morgan fingerprint density at radius 1 is 1.21 bits per heavy atom. The lowest BCUT2D eigenvalue weighted by atomic mass is 10.9. The number of rotatable bonds is 0. The monoisotopic (exact) mass is 238 g/mol. The molecule has 0 heterocycles. The Bertz CT molecular complexity index is 74.1. The van der Waals surface area contributed by atoms with Crippen LogP contribution in [0.15, 0.2) is 4.99 Å². The third-order valence-corrected chi connectivity index (χ3v) is 1.03. The maximum atomic E-state index is 3.61. The highest BCUT2D eigenvalue weighted by Gasteiger charge is 1.35. The molecule has 0 spiro atoms. The quantitative estimate of drug-likeness (QED) is 0.509. The van der Waals surface area contributed by atoms with Crippen LogP contribution in [0.25, 0.3) is 0 Å². The predicted molar refractivity (Wildman–Crippen MR) is 79.8 cm³/mol. The van der Waals surface area contributed by atoms with E-state index in [0.29, 0.717) is 0 Å². The summed E-state index contributed by atoms with van der Waals surface area (Å²) in [7, 11) is 7.96. The van der Waals surface area contributed by atoms with Crippen LogP contribution in [-0.4, -0.2) is 53.1 Å². The molecule has 0 unspecified atom stereocenters. The molecule has 0 atom stereocenters. The summed E-state index contributed by atoms with van der Waals surface area (Å²) in [5.74, 6) is 2.10. The van der Waals surface area contributed by atoms with Gasteiger partial charge in [0.25, 0.3) is 0 Å². The fourth-order valence-corrected chi connectivity index (χ4v) is 0. The minimum absolute atomic E-state index is 1.08. The van der Waals surface area contributed by atoms with Gasteiger partial charge in [0.15, 0.2) is 0 Å². The van der Waals surface area contributed by atoms with E-state index in [9.17, 15) is 0 Å². The van der Waals surface area contributed by atoms with Crippen LogP contribution in [0.4, 0.5) is 0 Å². The molecule has 0 aromatic heterocycles. The Labute approximate surface area is 94.6 Å². The Balaban J connectivity index is -0.0000000482. The van der Waals surface area contributed by atoms with Gasteiger partial charge in [0.2, 0.25) is 0 Å². The van der Waals surface area contributed by atoms with Crippen molar-refractivity contribution in [3.8, 4) is 0 Å². The van der Waals surface area contributed by atoms with E-state index in [-0.39, 0.29) is 0 Å². The molecule has 0 radical (unpaired) electrons. The van der Waals surface area contributed by atoms with Gasteiger partial charge in [0.05, 0.1) is 0 Å². The second kappa shape index (κ2) is 51.0. The number of nitrogens with one attached hydrogen (secondary N) is 1. The van der Waals surface area contributed by atoms with Gasteiger partial charge in [-0.15, -0.1) is 16.8 Å². The molecule has 1 N–H and O–H groups in total. The van der Waals surface area contributed by atoms with Gasteiger partial charge in [-0.1, -0.05) is 5.80 Å². The van der Waals surface area contributed by atoms with E-state index < -0.39 is 0 Å². The van der Waals surface area contributed by atoms with Gasteiger partial charge < -0.3 is 10.3 Å². The highest BCUT2D eigenvalue weighted by atomic mass is 31.1. The Morgan fingerprint density at radius 3 is 1.36 bits per heavy atom. The molecule has 0 saturated carbocycles. The Kier molecular flexibility index (Phi) is 86.7. The van der Waals surface area contributed by atoms with E-state index in [4.69, 9.17) is 0 Å². The molecule has 14 heavy (non-hydrogen) atoms. The van der Waals surface area contributed by atoms with Crippen molar-refractivity contribution in [2.45, 2.75) is 13.8 Å². The Hall–Kier alpha value is 0.230. The lowest BCUT2D eigenvalue weighted by Gasteiger charge is -1.59. The fraction of sp³-hybridized carbons (Fsp3) is 0.800. The highest BCUT2D eigenvalue weighted by Crippen LogP contribution is 1.84. The first-order valence-electron chi connectivity index (χ1n) is 4.57. The molecule has 0 aliphatic rings. The molecule has 0 rings (SSSR count). The van der Waals surface area contributed by atoms with Gasteiger partial charge in [0, 0.05) is 7.05 Å². The zero-order valence-corrected chi connectivity index (χ0v) is 12.9. The number of hydrogen-bond acceptors (Lipinski definition) is 2. The third kappa shape index (κ3) is 310. The summed E-state index contributed by atoms with van der Waals surface area (Å²) in [6, 6.07) is 0. The first-order chi connectivity index (χ1) is 6.66. The van der Waals surface area contributed by atoms with Crippen LogP contribution in [0.1, 0.15) is 13.8 Å². The van der Waals surface area contributed by atoms with E-state index >= 15 is 0 Å². The van der Waals surface area contributed by atoms with Crippen LogP contribution in [-0.2, 0) is 0 Å². The van der Waals surface area contributed by atoms with Gasteiger partial charge in [-0.2, -0.15) is 0 Å². The van der Waals surface area contributed by atoms with Crippen LogP contribution in [0, 0.1) is 0 Å². The SMILES string of the molecule is CC=NC.CC=PC.CNC.CPC. The second-order valence-electron chi connectivity index (χ2n) is 2.03. The molecule has 0 bridgehead atoms. The van der Waals surface area contributed by atoms with Crippen molar-refractivity contribution in [2.75, 3.05) is 41.1 Å². The van der Waals surface area contributed by atoms with Crippen molar-refractivity contribution in [3.05, 3.63) is 0 Å². The summed E-state index contributed by atoms with van der Waals surface area (Å²) in [6.07, 6.45) is 1.75.